The Hall–Kier alpha value is -2.40. The van der Waals surface area contributed by atoms with Crippen molar-refractivity contribution in [1.29, 1.82) is 0 Å². The molecule has 1 aromatic carbocycles. The molecule has 0 saturated heterocycles. The van der Waals surface area contributed by atoms with Crippen LogP contribution in [-0.2, 0) is 27.2 Å². The van der Waals surface area contributed by atoms with Gasteiger partial charge in [0.25, 0.3) is 5.82 Å². The summed E-state index contributed by atoms with van der Waals surface area (Å²) in [5.41, 5.74) is 9.45. The van der Waals surface area contributed by atoms with E-state index < -0.39 is 8.40 Å². The fourth-order valence-corrected chi connectivity index (χ4v) is 11.6. The predicted molar refractivity (Wildman–Crippen MR) is 181 cm³/mol. The van der Waals surface area contributed by atoms with Crippen molar-refractivity contribution in [3.05, 3.63) is 53.2 Å². The van der Waals surface area contributed by atoms with Gasteiger partial charge in [-0.1, -0.05) is 89.7 Å². The number of pyridine rings is 1. The van der Waals surface area contributed by atoms with Gasteiger partial charge in [-0.15, -0.1) is 0 Å². The van der Waals surface area contributed by atoms with Gasteiger partial charge in [-0.3, -0.25) is 4.23 Å². The molecule has 2 aliphatic heterocycles. The lowest BCUT2D eigenvalue weighted by molar-refractivity contribution is -0.733. The summed E-state index contributed by atoms with van der Waals surface area (Å²) >= 11 is 0. The molecule has 0 spiro atoms. The summed E-state index contributed by atoms with van der Waals surface area (Å²) in [6.45, 7) is 38.6. The third-order valence-electron chi connectivity index (χ3n) is 13.7. The molecule has 0 saturated carbocycles. The van der Waals surface area contributed by atoms with Crippen LogP contribution in [0.4, 0.5) is 5.82 Å². The zero-order valence-corrected chi connectivity index (χ0v) is 30.2. The second-order valence-corrected chi connectivity index (χ2v) is 21.1. The van der Waals surface area contributed by atoms with Crippen molar-refractivity contribution >= 4 is 25.2 Å². The monoisotopic (exact) mass is 583 g/mol. The van der Waals surface area contributed by atoms with Crippen molar-refractivity contribution in [2.45, 2.75) is 136 Å². The molecule has 0 fully saturated rings. The lowest BCUT2D eigenvalue weighted by Gasteiger charge is -2.51. The van der Waals surface area contributed by atoms with Gasteiger partial charge in [0.15, 0.2) is 11.0 Å². The van der Waals surface area contributed by atoms with Crippen molar-refractivity contribution in [3.8, 4) is 11.4 Å². The predicted octanol–water partition coefficient (Wildman–Crippen LogP) is 8.86. The molecule has 2 atom stereocenters. The van der Waals surface area contributed by atoms with Crippen LogP contribution in [0, 0.1) is 5.41 Å². The number of benzene rings is 1. The number of nitrogens with zero attached hydrogens (tertiary/aromatic N) is 4. The minimum absolute atomic E-state index is 0.0392. The second-order valence-electron chi connectivity index (χ2n) is 17.0. The van der Waals surface area contributed by atoms with E-state index in [1.807, 2.05) is 0 Å². The van der Waals surface area contributed by atoms with Gasteiger partial charge in [0.05, 0.1) is 0 Å². The summed E-state index contributed by atoms with van der Waals surface area (Å²) in [4.78, 5) is 5.50. The van der Waals surface area contributed by atoms with Crippen LogP contribution < -0.4 is 9.13 Å². The van der Waals surface area contributed by atoms with Gasteiger partial charge >= 0.3 is 8.40 Å². The first kappa shape index (κ1) is 29.7. The Bertz CT molecular complexity index is 1690. The highest BCUT2D eigenvalue weighted by Gasteiger charge is 2.64. The molecule has 0 N–H and O–H groups in total. The Morgan fingerprint density at radius 1 is 0.905 bits per heavy atom. The number of anilines is 1. The third kappa shape index (κ3) is 2.91. The molecule has 3 aromatic rings. The first-order chi connectivity index (χ1) is 19.1. The molecule has 4 nitrogen and oxygen atoms in total. The first-order valence-electron chi connectivity index (χ1n) is 16.2. The van der Waals surface area contributed by atoms with Crippen LogP contribution in [0.25, 0.3) is 22.4 Å². The van der Waals surface area contributed by atoms with E-state index in [4.69, 9.17) is 4.98 Å². The van der Waals surface area contributed by atoms with Crippen LogP contribution in [0.15, 0.2) is 30.9 Å². The number of hydrogen-bond donors (Lipinski definition) is 0. The zero-order chi connectivity index (χ0) is 31.4. The SMILES string of the molecule is C=CC1(CC)[n+]2c3n(c4cc5c(cc42)C(C)(C)C(C)(C)C5(C)C)[Si](C)(C)N(C)c2nc(C(C)(C)C)cc(c2-3)C1(C)CC. The normalized spacial score (nSPS) is 27.6. The zero-order valence-electron chi connectivity index (χ0n) is 29.2. The van der Waals surface area contributed by atoms with Crippen molar-refractivity contribution in [2.75, 3.05) is 11.6 Å². The Morgan fingerprint density at radius 2 is 1.48 bits per heavy atom. The number of allylic oxidation sites excluding steroid dienone is 1. The molecular weight excluding hydrogens is 529 g/mol. The number of rotatable bonds is 3. The molecule has 2 aromatic heterocycles. The van der Waals surface area contributed by atoms with Crippen LogP contribution in [0.2, 0.25) is 13.1 Å². The summed E-state index contributed by atoms with van der Waals surface area (Å²) in [6.07, 6.45) is 4.30. The summed E-state index contributed by atoms with van der Waals surface area (Å²) in [5, 5.41) is 0. The first-order valence-corrected chi connectivity index (χ1v) is 19.1. The number of fused-ring (bicyclic) bond motifs is 4. The number of hydrogen-bond acceptors (Lipinski definition) is 2. The number of imidazole rings is 1. The van der Waals surface area contributed by atoms with E-state index in [0.29, 0.717) is 0 Å². The molecule has 226 valence electrons. The smallest absolute Gasteiger partial charge is 0.350 e. The van der Waals surface area contributed by atoms with Crippen LogP contribution in [0.5, 0.6) is 0 Å². The molecular formula is C37H55N4Si+. The maximum Gasteiger partial charge on any atom is 0.371 e. The molecule has 0 radical (unpaired) electrons. The van der Waals surface area contributed by atoms with E-state index in [-0.39, 0.29) is 32.6 Å². The highest BCUT2D eigenvalue weighted by Crippen LogP contribution is 2.63. The van der Waals surface area contributed by atoms with Gasteiger partial charge in [0.1, 0.15) is 16.9 Å². The van der Waals surface area contributed by atoms with Gasteiger partial charge in [0, 0.05) is 23.6 Å². The van der Waals surface area contributed by atoms with E-state index in [1.165, 1.54) is 50.6 Å². The van der Waals surface area contributed by atoms with E-state index in [2.05, 4.69) is 147 Å². The average Bonchev–Trinajstić information content (AvgIpc) is 3.30. The molecule has 5 heteroatoms. The van der Waals surface area contributed by atoms with Crippen molar-refractivity contribution in [1.82, 2.24) is 9.22 Å². The summed E-state index contributed by atoms with van der Waals surface area (Å²) in [5.74, 6) is 2.52. The fraction of sp³-hybridized carbons (Fsp3) is 0.622. The van der Waals surface area contributed by atoms with Gasteiger partial charge in [-0.25, -0.2) is 9.55 Å². The van der Waals surface area contributed by atoms with Gasteiger partial charge in [-0.2, -0.15) is 0 Å². The minimum Gasteiger partial charge on any atom is -0.350 e. The maximum absolute atomic E-state index is 5.50. The summed E-state index contributed by atoms with van der Waals surface area (Å²) in [7, 11) is 0.0649. The van der Waals surface area contributed by atoms with Crippen LogP contribution in [0.1, 0.15) is 118 Å². The molecule has 6 rings (SSSR count). The highest BCUT2D eigenvalue weighted by atomic mass is 28.3. The lowest BCUT2D eigenvalue weighted by atomic mass is 9.59. The highest BCUT2D eigenvalue weighted by molar-refractivity contribution is 6.81. The Kier molecular flexibility index (Phi) is 5.65. The molecule has 0 amide bonds. The molecule has 42 heavy (non-hydrogen) atoms. The Morgan fingerprint density at radius 3 is 1.98 bits per heavy atom. The molecule has 2 unspecified atom stereocenters. The Balaban J connectivity index is 1.91. The summed E-state index contributed by atoms with van der Waals surface area (Å²) < 4.78 is 8.11. The lowest BCUT2D eigenvalue weighted by Crippen LogP contribution is -2.70. The largest absolute Gasteiger partial charge is 0.371 e. The molecule has 1 aliphatic carbocycles. The van der Waals surface area contributed by atoms with E-state index in [9.17, 15) is 0 Å². The van der Waals surface area contributed by atoms with Gasteiger partial charge in [-0.05, 0) is 83.1 Å². The third-order valence-corrected chi connectivity index (χ3v) is 17.1. The maximum atomic E-state index is 5.50. The van der Waals surface area contributed by atoms with Gasteiger partial charge in [0.2, 0.25) is 0 Å². The molecule has 4 heterocycles. The second kappa shape index (κ2) is 8.00. The van der Waals surface area contributed by atoms with Crippen LogP contribution in [0.3, 0.4) is 0 Å². The van der Waals surface area contributed by atoms with Crippen molar-refractivity contribution < 1.29 is 4.57 Å². The van der Waals surface area contributed by atoms with Crippen LogP contribution in [-0.4, -0.2) is 24.7 Å². The standard InChI is InChI=1S/C37H55N4Si/c1-17-36(13)25-22-28(32(4,5)6)38-30-29(25)31-40(37(36,18-2)19-3)26-20-23-24(34(9,10)35(11,12)33(23,7)8)21-27(26)41(31)42(15,16)39(30)14/h18,20-22H,2,17,19H2,1,3-16H3/q+1. The average molecular weight is 584 g/mol. The topological polar surface area (TPSA) is 24.9 Å². The minimum atomic E-state index is -2.24. The van der Waals surface area contributed by atoms with E-state index >= 15 is 0 Å². The Labute approximate surface area is 256 Å². The van der Waals surface area contributed by atoms with E-state index in [1.54, 1.807) is 0 Å². The quantitative estimate of drug-likeness (QED) is 0.175. The van der Waals surface area contributed by atoms with E-state index in [0.717, 1.165) is 12.8 Å². The molecule has 0 bridgehead atoms. The van der Waals surface area contributed by atoms with Crippen molar-refractivity contribution in [2.24, 2.45) is 5.41 Å². The number of aromatic nitrogens is 3. The van der Waals surface area contributed by atoms with Crippen molar-refractivity contribution in [3.63, 3.8) is 0 Å². The summed E-state index contributed by atoms with van der Waals surface area (Å²) in [6, 6.07) is 7.66. The van der Waals surface area contributed by atoms with Gasteiger partial charge < -0.3 is 4.57 Å². The fourth-order valence-electron chi connectivity index (χ4n) is 9.14. The van der Waals surface area contributed by atoms with Crippen LogP contribution >= 0.6 is 0 Å². The molecule has 3 aliphatic rings.